The van der Waals surface area contributed by atoms with Gasteiger partial charge in [0, 0.05) is 0 Å². The Labute approximate surface area is 74.9 Å². The lowest BCUT2D eigenvalue weighted by molar-refractivity contribution is -0.176. The molecule has 1 N–H and O–H groups in total. The highest BCUT2D eigenvalue weighted by molar-refractivity contribution is 4.87. The topological polar surface area (TPSA) is 29.5 Å². The summed E-state index contributed by atoms with van der Waals surface area (Å²) in [7, 11) is 0. The largest absolute Gasteiger partial charge is 0.366 e. The minimum absolute atomic E-state index is 0.614. The standard InChI is InChI=1S/C10H20O2/c1-9(2,11)12-8-4-5-10(3)6-7-10/h11H,4-8H2,1-3H3. The van der Waals surface area contributed by atoms with Crippen molar-refractivity contribution in [3.8, 4) is 0 Å². The maximum atomic E-state index is 9.24. The van der Waals surface area contributed by atoms with Crippen molar-refractivity contribution in [2.24, 2.45) is 5.41 Å². The molecule has 1 aliphatic rings. The first-order chi connectivity index (χ1) is 5.41. The van der Waals surface area contributed by atoms with E-state index >= 15 is 0 Å². The van der Waals surface area contributed by atoms with Crippen LogP contribution < -0.4 is 0 Å². The van der Waals surface area contributed by atoms with Gasteiger partial charge in [0.25, 0.3) is 0 Å². The Kier molecular flexibility index (Phi) is 2.79. The Morgan fingerprint density at radius 1 is 1.42 bits per heavy atom. The van der Waals surface area contributed by atoms with E-state index in [-0.39, 0.29) is 0 Å². The molecule has 0 bridgehead atoms. The van der Waals surface area contributed by atoms with Crippen LogP contribution in [-0.4, -0.2) is 17.5 Å². The summed E-state index contributed by atoms with van der Waals surface area (Å²) in [4.78, 5) is 0. The van der Waals surface area contributed by atoms with Crippen LogP contribution in [0, 0.1) is 5.41 Å². The van der Waals surface area contributed by atoms with Gasteiger partial charge in [-0.1, -0.05) is 6.92 Å². The molecule has 1 fully saturated rings. The Morgan fingerprint density at radius 3 is 2.42 bits per heavy atom. The number of aliphatic hydroxyl groups is 1. The van der Waals surface area contributed by atoms with Crippen molar-refractivity contribution >= 4 is 0 Å². The summed E-state index contributed by atoms with van der Waals surface area (Å²) in [6.45, 7) is 6.34. The van der Waals surface area contributed by atoms with Crippen LogP contribution in [0.5, 0.6) is 0 Å². The third kappa shape index (κ3) is 4.07. The Balaban J connectivity index is 1.96. The molecule has 0 aromatic carbocycles. The predicted molar refractivity (Wildman–Crippen MR) is 48.8 cm³/mol. The van der Waals surface area contributed by atoms with E-state index in [1.54, 1.807) is 13.8 Å². The average Bonchev–Trinajstić information content (AvgIpc) is 2.60. The van der Waals surface area contributed by atoms with Crippen LogP contribution in [0.2, 0.25) is 0 Å². The molecule has 2 heteroatoms. The Morgan fingerprint density at radius 2 is 2.00 bits per heavy atom. The fourth-order valence-corrected chi connectivity index (χ4v) is 1.28. The predicted octanol–water partition coefficient (Wildman–Crippen LogP) is 2.31. The number of hydrogen-bond donors (Lipinski definition) is 1. The molecule has 1 aliphatic carbocycles. The van der Waals surface area contributed by atoms with Crippen molar-refractivity contribution in [2.45, 2.75) is 52.2 Å². The van der Waals surface area contributed by atoms with Gasteiger partial charge >= 0.3 is 0 Å². The van der Waals surface area contributed by atoms with Gasteiger partial charge in [-0.25, -0.2) is 0 Å². The molecule has 0 spiro atoms. The molecule has 0 saturated heterocycles. The molecule has 0 unspecified atom stereocenters. The molecule has 0 radical (unpaired) electrons. The zero-order valence-corrected chi connectivity index (χ0v) is 8.39. The second-order valence-electron chi connectivity index (χ2n) is 4.71. The minimum Gasteiger partial charge on any atom is -0.366 e. The van der Waals surface area contributed by atoms with Crippen LogP contribution in [0.3, 0.4) is 0 Å². The lowest BCUT2D eigenvalue weighted by Crippen LogP contribution is -2.23. The first kappa shape index (κ1) is 10.0. The zero-order chi connectivity index (χ0) is 9.24. The molecular formula is C10H20O2. The molecule has 0 heterocycles. The Hall–Kier alpha value is -0.0800. The summed E-state index contributed by atoms with van der Waals surface area (Å²) < 4.78 is 5.21. The second kappa shape index (κ2) is 3.35. The van der Waals surface area contributed by atoms with Crippen LogP contribution in [0.25, 0.3) is 0 Å². The van der Waals surface area contributed by atoms with Crippen LogP contribution in [0.15, 0.2) is 0 Å². The summed E-state index contributed by atoms with van der Waals surface area (Å²) in [6.07, 6.45) is 5.05. The fraction of sp³-hybridized carbons (Fsp3) is 1.00. The quantitative estimate of drug-likeness (QED) is 0.509. The number of rotatable bonds is 5. The van der Waals surface area contributed by atoms with Gasteiger partial charge in [-0.15, -0.1) is 0 Å². The van der Waals surface area contributed by atoms with Crippen molar-refractivity contribution < 1.29 is 9.84 Å². The van der Waals surface area contributed by atoms with Crippen molar-refractivity contribution in [1.82, 2.24) is 0 Å². The third-order valence-corrected chi connectivity index (χ3v) is 2.48. The highest BCUT2D eigenvalue weighted by atomic mass is 16.6. The summed E-state index contributed by atoms with van der Waals surface area (Å²) in [5.41, 5.74) is 0.614. The lowest BCUT2D eigenvalue weighted by atomic mass is 10.0. The molecule has 2 nitrogen and oxygen atoms in total. The molecule has 72 valence electrons. The average molecular weight is 172 g/mol. The van der Waals surface area contributed by atoms with Gasteiger partial charge < -0.3 is 9.84 Å². The van der Waals surface area contributed by atoms with E-state index in [9.17, 15) is 5.11 Å². The van der Waals surface area contributed by atoms with Crippen LogP contribution in [-0.2, 0) is 4.74 Å². The SMILES string of the molecule is CC1(CCCOC(C)(C)O)CC1. The Bertz CT molecular complexity index is 135. The van der Waals surface area contributed by atoms with Gasteiger partial charge in [0.05, 0.1) is 6.61 Å². The fourth-order valence-electron chi connectivity index (χ4n) is 1.28. The van der Waals surface area contributed by atoms with Crippen molar-refractivity contribution in [3.05, 3.63) is 0 Å². The summed E-state index contributed by atoms with van der Waals surface area (Å²) >= 11 is 0. The minimum atomic E-state index is -0.954. The summed E-state index contributed by atoms with van der Waals surface area (Å²) in [5, 5.41) is 9.24. The first-order valence-electron chi connectivity index (χ1n) is 4.78. The maximum absolute atomic E-state index is 9.24. The number of ether oxygens (including phenoxy) is 1. The molecule has 0 atom stereocenters. The van der Waals surface area contributed by atoms with Crippen LogP contribution in [0.1, 0.15) is 46.5 Å². The van der Waals surface area contributed by atoms with Gasteiger partial charge in [-0.3, -0.25) is 0 Å². The van der Waals surface area contributed by atoms with Gasteiger partial charge in [-0.2, -0.15) is 0 Å². The smallest absolute Gasteiger partial charge is 0.159 e. The summed E-state index contributed by atoms with van der Waals surface area (Å²) in [6, 6.07) is 0. The molecule has 1 saturated carbocycles. The number of hydrogen-bond acceptors (Lipinski definition) is 2. The highest BCUT2D eigenvalue weighted by Crippen LogP contribution is 2.48. The molecule has 0 aromatic rings. The van der Waals surface area contributed by atoms with E-state index < -0.39 is 5.79 Å². The van der Waals surface area contributed by atoms with Gasteiger partial charge in [0.2, 0.25) is 0 Å². The van der Waals surface area contributed by atoms with Gasteiger partial charge in [0.15, 0.2) is 5.79 Å². The monoisotopic (exact) mass is 172 g/mol. The molecular weight excluding hydrogens is 152 g/mol. The van der Waals surface area contributed by atoms with Crippen molar-refractivity contribution in [2.75, 3.05) is 6.61 Å². The van der Waals surface area contributed by atoms with Crippen molar-refractivity contribution in [1.29, 1.82) is 0 Å². The second-order valence-corrected chi connectivity index (χ2v) is 4.71. The molecule has 12 heavy (non-hydrogen) atoms. The summed E-state index contributed by atoms with van der Waals surface area (Å²) in [5.74, 6) is -0.954. The van der Waals surface area contributed by atoms with Gasteiger partial charge in [-0.05, 0) is 44.9 Å². The van der Waals surface area contributed by atoms with E-state index in [1.807, 2.05) is 0 Å². The third-order valence-electron chi connectivity index (χ3n) is 2.48. The molecule has 0 aliphatic heterocycles. The first-order valence-corrected chi connectivity index (χ1v) is 4.78. The van der Waals surface area contributed by atoms with E-state index in [0.29, 0.717) is 12.0 Å². The van der Waals surface area contributed by atoms with Crippen LogP contribution in [0.4, 0.5) is 0 Å². The maximum Gasteiger partial charge on any atom is 0.159 e. The van der Waals surface area contributed by atoms with E-state index in [4.69, 9.17) is 4.74 Å². The van der Waals surface area contributed by atoms with E-state index in [2.05, 4.69) is 6.92 Å². The molecule has 0 aromatic heterocycles. The molecule has 1 rings (SSSR count). The van der Waals surface area contributed by atoms with Crippen LogP contribution >= 0.6 is 0 Å². The normalized spacial score (nSPS) is 21.0. The van der Waals surface area contributed by atoms with E-state index in [0.717, 1.165) is 6.42 Å². The lowest BCUT2D eigenvalue weighted by Gasteiger charge is -2.18. The highest BCUT2D eigenvalue weighted by Gasteiger charge is 2.36. The van der Waals surface area contributed by atoms with E-state index in [1.165, 1.54) is 19.3 Å². The van der Waals surface area contributed by atoms with Gasteiger partial charge in [0.1, 0.15) is 0 Å². The van der Waals surface area contributed by atoms with Crippen molar-refractivity contribution in [3.63, 3.8) is 0 Å². The zero-order valence-electron chi connectivity index (χ0n) is 8.39. The molecule has 0 amide bonds.